The summed E-state index contributed by atoms with van der Waals surface area (Å²) in [6.45, 7) is 1.89. The molecule has 0 radical (unpaired) electrons. The van der Waals surface area contributed by atoms with Crippen molar-refractivity contribution in [1.82, 2.24) is 9.99 Å². The van der Waals surface area contributed by atoms with Crippen LogP contribution in [0.3, 0.4) is 0 Å². The molecule has 0 spiro atoms. The molecule has 1 aromatic heterocycles. The maximum atomic E-state index is 11.6. The maximum absolute atomic E-state index is 11.6. The molecule has 1 aromatic rings. The summed E-state index contributed by atoms with van der Waals surface area (Å²) in [5, 5.41) is 14.9. The Morgan fingerprint density at radius 3 is 2.76 bits per heavy atom. The van der Waals surface area contributed by atoms with Gasteiger partial charge in [-0.2, -0.15) is 5.10 Å². The summed E-state index contributed by atoms with van der Waals surface area (Å²) in [7, 11) is 0. The Balaban J connectivity index is 2.21. The molecular weight excluding hydrogens is 218 g/mol. The Hall–Kier alpha value is -1.75. The Bertz CT molecular complexity index is 429. The van der Waals surface area contributed by atoms with Crippen LogP contribution in [0.5, 0.6) is 0 Å². The summed E-state index contributed by atoms with van der Waals surface area (Å²) < 4.78 is 0. The van der Waals surface area contributed by atoms with Crippen LogP contribution in [-0.2, 0) is 4.79 Å². The van der Waals surface area contributed by atoms with Gasteiger partial charge in [0.2, 0.25) is 5.91 Å². The highest BCUT2D eigenvalue weighted by atomic mass is 16.3. The Morgan fingerprint density at radius 2 is 2.12 bits per heavy atom. The quantitative estimate of drug-likeness (QED) is 0.839. The number of hydrazone groups is 1. The van der Waals surface area contributed by atoms with Gasteiger partial charge in [-0.15, -0.1) is 0 Å². The van der Waals surface area contributed by atoms with Crippen LogP contribution in [0, 0.1) is 0 Å². The average Bonchev–Trinajstić information content (AvgIpc) is 2.32. The molecular formula is C12H15N3O2. The van der Waals surface area contributed by atoms with Gasteiger partial charge in [0, 0.05) is 30.8 Å². The van der Waals surface area contributed by atoms with Crippen molar-refractivity contribution in [3.05, 3.63) is 30.1 Å². The van der Waals surface area contributed by atoms with Crippen molar-refractivity contribution in [2.24, 2.45) is 5.10 Å². The lowest BCUT2D eigenvalue weighted by atomic mass is 10.1. The number of amides is 1. The molecule has 0 aromatic carbocycles. The molecule has 1 N–H and O–H groups in total. The number of carbonyl (C=O) groups excluding carboxylic acids is 1. The van der Waals surface area contributed by atoms with Crippen LogP contribution >= 0.6 is 0 Å². The molecule has 1 atom stereocenters. The van der Waals surface area contributed by atoms with Crippen LogP contribution in [0.1, 0.15) is 25.3 Å². The first kappa shape index (κ1) is 11.7. The lowest BCUT2D eigenvalue weighted by Gasteiger charge is -2.24. The second kappa shape index (κ2) is 5.05. The molecule has 0 bridgehead atoms. The molecule has 0 fully saturated rings. The highest BCUT2D eigenvalue weighted by molar-refractivity contribution is 6.04. The highest BCUT2D eigenvalue weighted by Gasteiger charge is 2.22. The van der Waals surface area contributed by atoms with Gasteiger partial charge in [-0.1, -0.05) is 0 Å². The van der Waals surface area contributed by atoms with E-state index < -0.39 is 6.10 Å². The van der Waals surface area contributed by atoms with E-state index >= 15 is 0 Å². The van der Waals surface area contributed by atoms with Gasteiger partial charge >= 0.3 is 0 Å². The number of pyridine rings is 1. The van der Waals surface area contributed by atoms with E-state index in [1.54, 1.807) is 19.3 Å². The standard InChI is InChI=1S/C12H15N3O2/c1-9(16)8-15-12(17)3-2-11(14-15)10-4-6-13-7-5-10/h4-7,9,16H,2-3,8H2,1H3. The summed E-state index contributed by atoms with van der Waals surface area (Å²) >= 11 is 0. The summed E-state index contributed by atoms with van der Waals surface area (Å²) in [5.41, 5.74) is 1.84. The molecule has 2 rings (SSSR count). The summed E-state index contributed by atoms with van der Waals surface area (Å²) in [6, 6.07) is 3.74. The van der Waals surface area contributed by atoms with Gasteiger partial charge in [0.1, 0.15) is 0 Å². The van der Waals surface area contributed by atoms with E-state index in [2.05, 4.69) is 10.1 Å². The smallest absolute Gasteiger partial charge is 0.243 e. The van der Waals surface area contributed by atoms with Gasteiger partial charge in [-0.25, -0.2) is 5.01 Å². The molecule has 17 heavy (non-hydrogen) atoms. The summed E-state index contributed by atoms with van der Waals surface area (Å²) in [5.74, 6) is -0.0382. The van der Waals surface area contributed by atoms with Gasteiger partial charge in [-0.05, 0) is 19.1 Å². The molecule has 1 aliphatic rings. The molecule has 5 nitrogen and oxygen atoms in total. The Morgan fingerprint density at radius 1 is 1.41 bits per heavy atom. The third-order valence-electron chi connectivity index (χ3n) is 2.56. The van der Waals surface area contributed by atoms with Gasteiger partial charge in [0.05, 0.1) is 18.4 Å². The topological polar surface area (TPSA) is 65.8 Å². The summed E-state index contributed by atoms with van der Waals surface area (Å²) in [6.07, 6.45) is 3.91. The maximum Gasteiger partial charge on any atom is 0.243 e. The molecule has 1 amide bonds. The van der Waals surface area contributed by atoms with Crippen LogP contribution in [0.2, 0.25) is 0 Å². The molecule has 0 aliphatic carbocycles. The summed E-state index contributed by atoms with van der Waals surface area (Å²) in [4.78, 5) is 15.5. The van der Waals surface area contributed by atoms with Gasteiger partial charge in [0.25, 0.3) is 0 Å². The number of hydrogen-bond donors (Lipinski definition) is 1. The number of aromatic nitrogens is 1. The number of nitrogens with zero attached hydrogens (tertiary/aromatic N) is 3. The first-order chi connectivity index (χ1) is 8.16. The third kappa shape index (κ3) is 2.88. The van der Waals surface area contributed by atoms with Gasteiger partial charge in [0.15, 0.2) is 0 Å². The lowest BCUT2D eigenvalue weighted by molar-refractivity contribution is -0.133. The zero-order valence-corrected chi connectivity index (χ0v) is 9.71. The molecule has 1 unspecified atom stereocenters. The second-order valence-electron chi connectivity index (χ2n) is 4.11. The fourth-order valence-corrected chi connectivity index (χ4v) is 1.75. The fourth-order valence-electron chi connectivity index (χ4n) is 1.75. The number of β-amino-alcohol motifs (C(OH)–C–C–N with tert-alkyl or cyclic N) is 1. The fraction of sp³-hybridized carbons (Fsp3) is 0.417. The van der Waals surface area contributed by atoms with Crippen molar-refractivity contribution in [3.63, 3.8) is 0 Å². The normalized spacial score (nSPS) is 17.9. The highest BCUT2D eigenvalue weighted by Crippen LogP contribution is 2.14. The zero-order valence-electron chi connectivity index (χ0n) is 9.71. The number of aliphatic hydroxyl groups excluding tert-OH is 1. The Labute approximate surface area is 99.8 Å². The average molecular weight is 233 g/mol. The molecule has 2 heterocycles. The van der Waals surface area contributed by atoms with Crippen molar-refractivity contribution in [3.8, 4) is 0 Å². The minimum absolute atomic E-state index is 0.0382. The van der Waals surface area contributed by atoms with E-state index in [1.165, 1.54) is 5.01 Å². The number of carbonyl (C=O) groups is 1. The first-order valence-electron chi connectivity index (χ1n) is 5.63. The minimum Gasteiger partial charge on any atom is -0.391 e. The van der Waals surface area contributed by atoms with Crippen LogP contribution in [0.4, 0.5) is 0 Å². The van der Waals surface area contributed by atoms with E-state index in [0.717, 1.165) is 11.3 Å². The molecule has 90 valence electrons. The van der Waals surface area contributed by atoms with E-state index in [0.29, 0.717) is 12.8 Å². The molecule has 0 saturated carbocycles. The van der Waals surface area contributed by atoms with Crippen LogP contribution < -0.4 is 0 Å². The van der Waals surface area contributed by atoms with Crippen LogP contribution in [-0.4, -0.2) is 39.4 Å². The van der Waals surface area contributed by atoms with E-state index in [1.807, 2.05) is 12.1 Å². The van der Waals surface area contributed by atoms with Crippen molar-refractivity contribution in [2.75, 3.05) is 6.54 Å². The second-order valence-corrected chi connectivity index (χ2v) is 4.11. The molecule has 5 heteroatoms. The van der Waals surface area contributed by atoms with Crippen molar-refractivity contribution >= 4 is 11.6 Å². The van der Waals surface area contributed by atoms with Gasteiger partial charge < -0.3 is 5.11 Å². The molecule has 1 aliphatic heterocycles. The van der Waals surface area contributed by atoms with Crippen molar-refractivity contribution in [1.29, 1.82) is 0 Å². The first-order valence-corrected chi connectivity index (χ1v) is 5.63. The van der Waals surface area contributed by atoms with Crippen LogP contribution in [0.15, 0.2) is 29.6 Å². The monoisotopic (exact) mass is 233 g/mol. The predicted molar refractivity (Wildman–Crippen MR) is 63.4 cm³/mol. The largest absolute Gasteiger partial charge is 0.391 e. The molecule has 0 saturated heterocycles. The van der Waals surface area contributed by atoms with Gasteiger partial charge in [-0.3, -0.25) is 9.78 Å². The number of rotatable bonds is 3. The van der Waals surface area contributed by atoms with E-state index in [4.69, 9.17) is 0 Å². The number of aliphatic hydroxyl groups is 1. The SMILES string of the molecule is CC(O)CN1N=C(c2ccncc2)CCC1=O. The zero-order chi connectivity index (χ0) is 12.3. The Kier molecular flexibility index (Phi) is 3.49. The van der Waals surface area contributed by atoms with Crippen molar-refractivity contribution in [2.45, 2.75) is 25.9 Å². The van der Waals surface area contributed by atoms with E-state index in [-0.39, 0.29) is 12.5 Å². The predicted octanol–water partition coefficient (Wildman–Crippen LogP) is 0.789. The lowest BCUT2D eigenvalue weighted by Crippen LogP contribution is -2.36. The minimum atomic E-state index is -0.570. The third-order valence-corrected chi connectivity index (χ3v) is 2.56. The van der Waals surface area contributed by atoms with E-state index in [9.17, 15) is 9.90 Å². The number of hydrogen-bond acceptors (Lipinski definition) is 4. The van der Waals surface area contributed by atoms with Crippen molar-refractivity contribution < 1.29 is 9.90 Å². The van der Waals surface area contributed by atoms with Crippen LogP contribution in [0.25, 0.3) is 0 Å².